The molecule has 1 saturated heterocycles. The topological polar surface area (TPSA) is 91.8 Å². The third-order valence-corrected chi connectivity index (χ3v) is 7.77. The van der Waals surface area contributed by atoms with E-state index in [0.29, 0.717) is 33.7 Å². The maximum Gasteiger partial charge on any atom is 0.234 e. The highest BCUT2D eigenvalue weighted by Crippen LogP contribution is 2.56. The first-order valence-corrected chi connectivity index (χ1v) is 11.9. The highest BCUT2D eigenvalue weighted by molar-refractivity contribution is 6.30. The summed E-state index contributed by atoms with van der Waals surface area (Å²) in [6.45, 7) is 7.11. The number of aromatic hydroxyl groups is 1. The summed E-state index contributed by atoms with van der Waals surface area (Å²) in [5.41, 5.74) is 1.61. The summed E-state index contributed by atoms with van der Waals surface area (Å²) in [7, 11) is 0. The number of phenolic OH excluding ortho intramolecular Hbond substituents is 1. The highest BCUT2D eigenvalue weighted by atomic mass is 35.5. The van der Waals surface area contributed by atoms with Crippen LogP contribution in [0, 0.1) is 17.8 Å². The van der Waals surface area contributed by atoms with Crippen LogP contribution in [0.25, 0.3) is 0 Å². The van der Waals surface area contributed by atoms with Gasteiger partial charge in [-0.1, -0.05) is 23.3 Å². The number of imide groups is 1. The van der Waals surface area contributed by atoms with Crippen molar-refractivity contribution in [2.45, 2.75) is 52.0 Å². The number of carbonyl (C=O) groups is 4. The van der Waals surface area contributed by atoms with Gasteiger partial charge in [-0.05, 0) is 70.7 Å². The average molecular weight is 480 g/mol. The summed E-state index contributed by atoms with van der Waals surface area (Å²) in [5, 5.41) is 11.1. The van der Waals surface area contributed by atoms with Crippen LogP contribution in [0.5, 0.6) is 5.75 Å². The van der Waals surface area contributed by atoms with Gasteiger partial charge in [-0.15, -0.1) is 0 Å². The fraction of sp³-hybridized carbons (Fsp3) is 0.407. The third-order valence-electron chi connectivity index (χ3n) is 7.53. The van der Waals surface area contributed by atoms with Gasteiger partial charge in [0.15, 0.2) is 11.6 Å². The number of halogens is 1. The molecule has 1 fully saturated rings. The number of hydrogen-bond acceptors (Lipinski definition) is 5. The molecule has 1 N–H and O–H groups in total. The van der Waals surface area contributed by atoms with Crippen molar-refractivity contribution in [2.75, 3.05) is 0 Å². The number of ketones is 2. The zero-order valence-corrected chi connectivity index (χ0v) is 20.3. The Labute approximate surface area is 203 Å². The Morgan fingerprint density at radius 1 is 1.06 bits per heavy atom. The SMILES string of the molecule is CC1=CC(=O)C2=C(CC3C(=CCC4C(=O)N(C(C)(C)C)C(=O)C43)C2c2cc(Cl)ccc2O)C1=O. The number of nitrogens with zero attached hydrogens (tertiary/aromatic N) is 1. The van der Waals surface area contributed by atoms with Gasteiger partial charge in [-0.2, -0.15) is 0 Å². The summed E-state index contributed by atoms with van der Waals surface area (Å²) in [4.78, 5) is 54.6. The number of rotatable bonds is 1. The normalized spacial score (nSPS) is 29.0. The van der Waals surface area contributed by atoms with Crippen LogP contribution in [0.4, 0.5) is 0 Å². The molecule has 3 aliphatic carbocycles. The van der Waals surface area contributed by atoms with Gasteiger partial charge in [0, 0.05) is 38.8 Å². The molecule has 1 aliphatic heterocycles. The van der Waals surface area contributed by atoms with Crippen LogP contribution in [-0.2, 0) is 19.2 Å². The number of hydrogen-bond donors (Lipinski definition) is 1. The van der Waals surface area contributed by atoms with Crippen LogP contribution in [0.1, 0.15) is 52.0 Å². The molecule has 4 unspecified atom stereocenters. The second-order valence-electron chi connectivity index (χ2n) is 10.6. The number of amides is 2. The lowest BCUT2D eigenvalue weighted by molar-refractivity contribution is -0.145. The minimum Gasteiger partial charge on any atom is -0.508 e. The van der Waals surface area contributed by atoms with E-state index < -0.39 is 29.2 Å². The number of phenols is 1. The molecule has 2 amide bonds. The van der Waals surface area contributed by atoms with Crippen molar-refractivity contribution in [3.8, 4) is 5.75 Å². The minimum absolute atomic E-state index is 0.0402. The van der Waals surface area contributed by atoms with Crippen LogP contribution < -0.4 is 0 Å². The van der Waals surface area contributed by atoms with Crippen molar-refractivity contribution in [1.29, 1.82) is 0 Å². The molecule has 5 rings (SSSR count). The molecule has 6 nitrogen and oxygen atoms in total. The molecule has 0 aromatic heterocycles. The van der Waals surface area contributed by atoms with E-state index in [0.717, 1.165) is 5.57 Å². The van der Waals surface area contributed by atoms with Gasteiger partial charge < -0.3 is 5.11 Å². The third kappa shape index (κ3) is 3.15. The Balaban J connectivity index is 1.71. The Morgan fingerprint density at radius 2 is 1.76 bits per heavy atom. The Kier molecular flexibility index (Phi) is 5.03. The van der Waals surface area contributed by atoms with E-state index in [2.05, 4.69) is 0 Å². The maximum absolute atomic E-state index is 13.6. The largest absolute Gasteiger partial charge is 0.508 e. The predicted octanol–water partition coefficient (Wildman–Crippen LogP) is 4.27. The molecule has 0 bridgehead atoms. The molecule has 1 aromatic rings. The molecule has 34 heavy (non-hydrogen) atoms. The zero-order chi connectivity index (χ0) is 24.7. The summed E-state index contributed by atoms with van der Waals surface area (Å²) in [6.07, 6.45) is 3.85. The van der Waals surface area contributed by atoms with Gasteiger partial charge in [-0.25, -0.2) is 0 Å². The number of Topliss-reactive ketones (excluding diaryl/α,β-unsaturated/α-hetero) is 1. The van der Waals surface area contributed by atoms with Crippen LogP contribution in [0.3, 0.4) is 0 Å². The van der Waals surface area contributed by atoms with E-state index in [1.807, 2.05) is 26.8 Å². The van der Waals surface area contributed by atoms with Crippen LogP contribution in [0.15, 0.2) is 52.6 Å². The summed E-state index contributed by atoms with van der Waals surface area (Å²) in [6, 6.07) is 4.63. The lowest BCUT2D eigenvalue weighted by Gasteiger charge is -2.42. The number of likely N-dealkylation sites (tertiary alicyclic amines) is 1. The van der Waals surface area contributed by atoms with Gasteiger partial charge in [-0.3, -0.25) is 24.1 Å². The van der Waals surface area contributed by atoms with Crippen molar-refractivity contribution < 1.29 is 24.3 Å². The van der Waals surface area contributed by atoms with E-state index in [4.69, 9.17) is 11.6 Å². The molecule has 7 heteroatoms. The first kappa shape index (κ1) is 22.8. The summed E-state index contributed by atoms with van der Waals surface area (Å²) < 4.78 is 0. The molecular formula is C27H26ClNO5. The van der Waals surface area contributed by atoms with Crippen molar-refractivity contribution in [2.24, 2.45) is 17.8 Å². The van der Waals surface area contributed by atoms with Gasteiger partial charge in [0.05, 0.1) is 11.8 Å². The van der Waals surface area contributed by atoms with Crippen LogP contribution in [-0.4, -0.2) is 38.9 Å². The predicted molar refractivity (Wildman–Crippen MR) is 126 cm³/mol. The van der Waals surface area contributed by atoms with Crippen LogP contribution in [0.2, 0.25) is 5.02 Å². The standard InChI is InChI=1S/C27H26ClNO5/c1-12-9-20(31)23-18(24(12)32)11-16-14(21(23)17-10-13(28)5-8-19(17)30)6-7-15-22(16)26(34)29(25(15)33)27(2,3)4/h5-6,8-10,15-16,21-22,30H,7,11H2,1-4H3. The number of benzene rings is 1. The van der Waals surface area contributed by atoms with E-state index in [1.165, 1.54) is 17.0 Å². The molecule has 1 aromatic carbocycles. The van der Waals surface area contributed by atoms with Gasteiger partial charge >= 0.3 is 0 Å². The van der Waals surface area contributed by atoms with Crippen molar-refractivity contribution in [3.63, 3.8) is 0 Å². The molecule has 0 spiro atoms. The second kappa shape index (κ2) is 7.51. The number of allylic oxidation sites excluding steroid dienone is 6. The Hall–Kier alpha value is -2.99. The fourth-order valence-electron chi connectivity index (χ4n) is 6.16. The van der Waals surface area contributed by atoms with Crippen molar-refractivity contribution in [3.05, 3.63) is 63.2 Å². The molecule has 0 radical (unpaired) electrons. The second-order valence-corrected chi connectivity index (χ2v) is 11.1. The molecule has 176 valence electrons. The van der Waals surface area contributed by atoms with E-state index >= 15 is 0 Å². The van der Waals surface area contributed by atoms with E-state index in [1.54, 1.807) is 19.1 Å². The Bertz CT molecular complexity index is 1280. The molecule has 0 saturated carbocycles. The smallest absolute Gasteiger partial charge is 0.234 e. The number of fused-ring (bicyclic) bond motifs is 3. The number of carbonyl (C=O) groups excluding carboxylic acids is 4. The van der Waals surface area contributed by atoms with Gasteiger partial charge in [0.2, 0.25) is 11.8 Å². The monoisotopic (exact) mass is 479 g/mol. The zero-order valence-electron chi connectivity index (χ0n) is 19.5. The molecule has 1 heterocycles. The Morgan fingerprint density at radius 3 is 2.44 bits per heavy atom. The minimum atomic E-state index is -0.708. The van der Waals surface area contributed by atoms with Gasteiger partial charge in [0.25, 0.3) is 0 Å². The maximum atomic E-state index is 13.6. The highest BCUT2D eigenvalue weighted by Gasteiger charge is 2.58. The van der Waals surface area contributed by atoms with Crippen molar-refractivity contribution >= 4 is 35.0 Å². The summed E-state index contributed by atoms with van der Waals surface area (Å²) >= 11 is 6.26. The van der Waals surface area contributed by atoms with E-state index in [9.17, 15) is 24.3 Å². The molecular weight excluding hydrogens is 454 g/mol. The van der Waals surface area contributed by atoms with Gasteiger partial charge in [0.1, 0.15) is 5.75 Å². The quantitative estimate of drug-likeness (QED) is 0.369. The fourth-order valence-corrected chi connectivity index (χ4v) is 6.34. The molecule has 4 atom stereocenters. The lowest BCUT2D eigenvalue weighted by atomic mass is 9.59. The summed E-state index contributed by atoms with van der Waals surface area (Å²) in [5.74, 6) is -3.22. The molecule has 4 aliphatic rings. The van der Waals surface area contributed by atoms with Crippen LogP contribution >= 0.6 is 11.6 Å². The lowest BCUT2D eigenvalue weighted by Crippen LogP contribution is -2.46. The van der Waals surface area contributed by atoms with Crippen molar-refractivity contribution in [1.82, 2.24) is 4.90 Å². The first-order chi connectivity index (χ1) is 15.9. The average Bonchev–Trinajstić information content (AvgIpc) is 3.02. The first-order valence-electron chi connectivity index (χ1n) is 11.5. The van der Waals surface area contributed by atoms with E-state index in [-0.39, 0.29) is 35.6 Å².